The minimum atomic E-state index is -0.268. The molecule has 3 aromatic rings. The van der Waals surface area contributed by atoms with Crippen LogP contribution in [0.15, 0.2) is 33.8 Å². The Kier molecular flexibility index (Phi) is 6.24. The van der Waals surface area contributed by atoms with Crippen molar-refractivity contribution in [3.8, 4) is 5.69 Å². The summed E-state index contributed by atoms with van der Waals surface area (Å²) >= 11 is 7.73. The number of halogens is 1. The van der Waals surface area contributed by atoms with E-state index in [-0.39, 0.29) is 23.6 Å². The van der Waals surface area contributed by atoms with Crippen molar-refractivity contribution in [3.05, 3.63) is 35.2 Å². The van der Waals surface area contributed by atoms with Crippen molar-refractivity contribution in [1.82, 2.24) is 25.0 Å². The molecule has 0 bridgehead atoms. The summed E-state index contributed by atoms with van der Waals surface area (Å²) in [4.78, 5) is 14.6. The van der Waals surface area contributed by atoms with Crippen LogP contribution in [0.25, 0.3) is 5.69 Å². The monoisotopic (exact) mass is 447 g/mol. The molecule has 9 nitrogen and oxygen atoms in total. The van der Waals surface area contributed by atoms with Crippen LogP contribution < -0.4 is 10.2 Å². The third-order valence-electron chi connectivity index (χ3n) is 4.61. The zero-order valence-corrected chi connectivity index (χ0v) is 18.3. The zero-order chi connectivity index (χ0) is 21.1. The first-order valence-electron chi connectivity index (χ1n) is 9.74. The van der Waals surface area contributed by atoms with Gasteiger partial charge in [0.25, 0.3) is 0 Å². The minimum Gasteiger partial charge on any atom is -0.408 e. The van der Waals surface area contributed by atoms with Crippen molar-refractivity contribution in [2.24, 2.45) is 0 Å². The molecule has 0 spiro atoms. The lowest BCUT2D eigenvalue weighted by Crippen LogP contribution is -2.22. The van der Waals surface area contributed by atoms with Gasteiger partial charge < -0.3 is 9.32 Å². The van der Waals surface area contributed by atoms with Crippen molar-refractivity contribution in [2.45, 2.75) is 37.8 Å². The molecule has 1 N–H and O–H groups in total. The Labute approximate surface area is 183 Å². The summed E-state index contributed by atoms with van der Waals surface area (Å²) < 4.78 is 7.34. The van der Waals surface area contributed by atoms with E-state index < -0.39 is 0 Å². The van der Waals surface area contributed by atoms with E-state index in [9.17, 15) is 4.79 Å². The first-order valence-corrected chi connectivity index (χ1v) is 11.1. The van der Waals surface area contributed by atoms with E-state index in [0.29, 0.717) is 16.1 Å². The predicted molar refractivity (Wildman–Crippen MR) is 116 cm³/mol. The van der Waals surface area contributed by atoms with Gasteiger partial charge in [-0.3, -0.25) is 14.7 Å². The number of nitrogens with one attached hydrogen (secondary N) is 1. The number of carbonyl (C=O) groups is 1. The van der Waals surface area contributed by atoms with Crippen LogP contribution in [0, 0.1) is 0 Å². The topological polar surface area (TPSA) is 102 Å². The van der Waals surface area contributed by atoms with Crippen molar-refractivity contribution in [1.29, 1.82) is 0 Å². The molecule has 4 rings (SSSR count). The van der Waals surface area contributed by atoms with Crippen LogP contribution >= 0.6 is 23.4 Å². The first kappa shape index (κ1) is 20.7. The van der Waals surface area contributed by atoms with Gasteiger partial charge in [0.1, 0.15) is 0 Å². The highest BCUT2D eigenvalue weighted by Crippen LogP contribution is 2.31. The molecule has 1 aliphatic rings. The Morgan fingerprint density at radius 2 is 1.97 bits per heavy atom. The molecule has 158 valence electrons. The van der Waals surface area contributed by atoms with Crippen molar-refractivity contribution in [3.63, 3.8) is 0 Å². The van der Waals surface area contributed by atoms with Crippen LogP contribution in [0.4, 0.5) is 12.0 Å². The number of para-hydroxylation sites is 1. The molecule has 2 aromatic heterocycles. The molecule has 0 saturated carbocycles. The van der Waals surface area contributed by atoms with Gasteiger partial charge in [-0.15, -0.1) is 15.3 Å². The highest BCUT2D eigenvalue weighted by molar-refractivity contribution is 7.99. The molecule has 0 aliphatic carbocycles. The van der Waals surface area contributed by atoms with Crippen molar-refractivity contribution in [2.75, 3.05) is 29.1 Å². The summed E-state index contributed by atoms with van der Waals surface area (Å²) in [5, 5.41) is 20.3. The third-order valence-corrected chi connectivity index (χ3v) is 5.86. The maximum absolute atomic E-state index is 12.4. The average molecular weight is 448 g/mol. The van der Waals surface area contributed by atoms with Crippen molar-refractivity contribution < 1.29 is 9.21 Å². The van der Waals surface area contributed by atoms with Gasteiger partial charge in [0.15, 0.2) is 5.16 Å². The minimum absolute atomic E-state index is 0.0922. The lowest BCUT2D eigenvalue weighted by atomic mass is 10.2. The number of rotatable bonds is 7. The number of hydrogen-bond donors (Lipinski definition) is 1. The van der Waals surface area contributed by atoms with E-state index in [4.69, 9.17) is 16.0 Å². The first-order chi connectivity index (χ1) is 14.5. The summed E-state index contributed by atoms with van der Waals surface area (Å²) in [6.07, 6.45) is 2.23. The molecule has 11 heteroatoms. The predicted octanol–water partition coefficient (Wildman–Crippen LogP) is 3.76. The molecule has 1 aliphatic heterocycles. The molecule has 0 radical (unpaired) electrons. The fourth-order valence-corrected chi connectivity index (χ4v) is 4.09. The Balaban J connectivity index is 1.52. The van der Waals surface area contributed by atoms with E-state index in [1.165, 1.54) is 11.8 Å². The van der Waals surface area contributed by atoms with Crippen LogP contribution in [0.5, 0.6) is 0 Å². The molecule has 1 amide bonds. The van der Waals surface area contributed by atoms with Gasteiger partial charge in [-0.2, -0.15) is 0 Å². The zero-order valence-electron chi connectivity index (χ0n) is 16.7. The highest BCUT2D eigenvalue weighted by atomic mass is 35.5. The number of benzene rings is 1. The number of amides is 1. The lowest BCUT2D eigenvalue weighted by molar-refractivity contribution is -0.113. The van der Waals surface area contributed by atoms with Gasteiger partial charge >= 0.3 is 6.01 Å². The SMILES string of the molecule is CC(C)c1nnc(NC(=O)CSc2nnc(N3CCCC3)n2-c2ccccc2Cl)o1. The molecule has 1 fully saturated rings. The molecule has 1 saturated heterocycles. The van der Waals surface area contributed by atoms with E-state index in [0.717, 1.165) is 37.6 Å². The van der Waals surface area contributed by atoms with E-state index in [1.54, 1.807) is 0 Å². The van der Waals surface area contributed by atoms with Crippen LogP contribution in [0.2, 0.25) is 5.02 Å². The standard InChI is InChI=1S/C19H22ClN7O2S/c1-12(2)16-22-23-17(29-16)21-15(28)11-30-19-25-24-18(26-9-5-6-10-26)27(19)14-8-4-3-7-13(14)20/h3-4,7-8,12H,5-6,9-11H2,1-2H3,(H,21,23,28). The molecular formula is C19H22ClN7O2S. The average Bonchev–Trinajstić information content (AvgIpc) is 3.47. The van der Waals surface area contributed by atoms with Gasteiger partial charge in [-0.25, -0.2) is 0 Å². The Bertz CT molecular complexity index is 1030. The summed E-state index contributed by atoms with van der Waals surface area (Å²) in [5.74, 6) is 1.15. The number of aromatic nitrogens is 5. The number of nitrogens with zero attached hydrogens (tertiary/aromatic N) is 6. The number of carbonyl (C=O) groups excluding carboxylic acids is 1. The number of anilines is 2. The number of hydrogen-bond acceptors (Lipinski definition) is 8. The maximum Gasteiger partial charge on any atom is 0.322 e. The van der Waals surface area contributed by atoms with Gasteiger partial charge in [0.2, 0.25) is 17.7 Å². The second-order valence-electron chi connectivity index (χ2n) is 7.20. The quantitative estimate of drug-likeness (QED) is 0.546. The van der Waals surface area contributed by atoms with Gasteiger partial charge in [-0.05, 0) is 25.0 Å². The summed E-state index contributed by atoms with van der Waals surface area (Å²) in [6.45, 7) is 5.72. The van der Waals surface area contributed by atoms with Gasteiger partial charge in [0, 0.05) is 19.0 Å². The summed E-state index contributed by atoms with van der Waals surface area (Å²) in [7, 11) is 0. The highest BCUT2D eigenvalue weighted by Gasteiger charge is 2.24. The Morgan fingerprint density at radius 3 is 2.67 bits per heavy atom. The van der Waals surface area contributed by atoms with E-state index in [1.807, 2.05) is 42.7 Å². The lowest BCUT2D eigenvalue weighted by Gasteiger charge is -2.19. The smallest absolute Gasteiger partial charge is 0.322 e. The van der Waals surface area contributed by atoms with Crippen LogP contribution in [0.3, 0.4) is 0 Å². The molecule has 3 heterocycles. The molecular weight excluding hydrogens is 426 g/mol. The molecule has 0 atom stereocenters. The Morgan fingerprint density at radius 1 is 1.20 bits per heavy atom. The van der Waals surface area contributed by atoms with Crippen LogP contribution in [-0.4, -0.2) is 49.7 Å². The van der Waals surface area contributed by atoms with Crippen molar-refractivity contribution >= 4 is 41.2 Å². The normalized spacial score (nSPS) is 13.9. The van der Waals surface area contributed by atoms with Gasteiger partial charge in [-0.1, -0.05) is 54.4 Å². The number of thioether (sulfide) groups is 1. The van der Waals surface area contributed by atoms with Crippen LogP contribution in [-0.2, 0) is 4.79 Å². The molecule has 0 unspecified atom stereocenters. The van der Waals surface area contributed by atoms with E-state index in [2.05, 4.69) is 30.6 Å². The Hall–Kier alpha value is -2.59. The fourth-order valence-electron chi connectivity index (χ4n) is 3.13. The summed E-state index contributed by atoms with van der Waals surface area (Å²) in [6, 6.07) is 7.63. The largest absolute Gasteiger partial charge is 0.408 e. The maximum atomic E-state index is 12.4. The molecule has 1 aromatic carbocycles. The second-order valence-corrected chi connectivity index (χ2v) is 8.55. The fraction of sp³-hybridized carbons (Fsp3) is 0.421. The van der Waals surface area contributed by atoms with Crippen LogP contribution in [0.1, 0.15) is 38.5 Å². The third kappa shape index (κ3) is 4.44. The molecule has 30 heavy (non-hydrogen) atoms. The summed E-state index contributed by atoms with van der Waals surface area (Å²) in [5.41, 5.74) is 0.785. The van der Waals surface area contributed by atoms with Gasteiger partial charge in [0.05, 0.1) is 16.5 Å². The second kappa shape index (κ2) is 9.05. The van der Waals surface area contributed by atoms with E-state index >= 15 is 0 Å².